The van der Waals surface area contributed by atoms with Crippen LogP contribution in [0.4, 0.5) is 0 Å². The van der Waals surface area contributed by atoms with Crippen LogP contribution < -0.4 is 10.1 Å². The van der Waals surface area contributed by atoms with Crippen LogP contribution in [0.15, 0.2) is 72.8 Å². The summed E-state index contributed by atoms with van der Waals surface area (Å²) in [6.45, 7) is 3.34. The van der Waals surface area contributed by atoms with Crippen LogP contribution in [0.1, 0.15) is 30.0 Å². The molecule has 29 heavy (non-hydrogen) atoms. The fraction of sp³-hybridized carbons (Fsp3) is 0.250. The summed E-state index contributed by atoms with van der Waals surface area (Å²) in [6.07, 6.45) is 2.13. The fourth-order valence-corrected chi connectivity index (χ4v) is 3.40. The number of ether oxygens (including phenoxy) is 1. The maximum Gasteiger partial charge on any atom is 0.124 e. The summed E-state index contributed by atoms with van der Waals surface area (Å²) in [5.74, 6) is 0.826. The van der Waals surface area contributed by atoms with Crippen LogP contribution in [-0.2, 0) is 19.6 Å². The van der Waals surface area contributed by atoms with Crippen LogP contribution in [0, 0.1) is 0 Å². The molecule has 0 aliphatic rings. The molecule has 0 bridgehead atoms. The Labute approximate surface area is 189 Å². The number of nitrogens with one attached hydrogen (secondary N) is 1. The van der Waals surface area contributed by atoms with Gasteiger partial charge in [-0.1, -0.05) is 71.7 Å². The van der Waals surface area contributed by atoms with E-state index in [9.17, 15) is 0 Å². The van der Waals surface area contributed by atoms with Gasteiger partial charge in [-0.2, -0.15) is 0 Å². The Kier molecular flexibility index (Phi) is 9.83. The molecule has 3 rings (SSSR count). The van der Waals surface area contributed by atoms with E-state index in [2.05, 4.69) is 42.6 Å². The number of hydrogen-bond acceptors (Lipinski definition) is 2. The van der Waals surface area contributed by atoms with E-state index in [1.807, 2.05) is 42.5 Å². The Bertz CT molecular complexity index is 886. The van der Waals surface area contributed by atoms with Gasteiger partial charge in [-0.3, -0.25) is 0 Å². The van der Waals surface area contributed by atoms with E-state index >= 15 is 0 Å². The summed E-state index contributed by atoms with van der Waals surface area (Å²) < 4.78 is 6.04. The highest BCUT2D eigenvalue weighted by Gasteiger charge is 2.09. The van der Waals surface area contributed by atoms with Crippen molar-refractivity contribution < 1.29 is 4.74 Å². The largest absolute Gasteiger partial charge is 0.489 e. The molecule has 0 amide bonds. The quantitative estimate of drug-likeness (QED) is 0.375. The molecule has 0 heterocycles. The summed E-state index contributed by atoms with van der Waals surface area (Å²) >= 11 is 12.4. The Morgan fingerprint density at radius 3 is 2.38 bits per heavy atom. The Hall–Kier alpha value is -1.71. The SMILES string of the molecule is CC(CCc1ccccc1)NCc1cc(Cl)ccc1OCc1ccccc1Cl.Cl. The molecule has 3 aromatic carbocycles. The predicted octanol–water partition coefficient (Wildman–Crippen LogP) is 7.11. The van der Waals surface area contributed by atoms with Crippen LogP contribution >= 0.6 is 35.6 Å². The van der Waals surface area contributed by atoms with Crippen molar-refractivity contribution in [2.75, 3.05) is 0 Å². The lowest BCUT2D eigenvalue weighted by Crippen LogP contribution is -2.26. The molecule has 0 aliphatic heterocycles. The zero-order valence-electron chi connectivity index (χ0n) is 16.4. The Morgan fingerprint density at radius 1 is 0.897 bits per heavy atom. The van der Waals surface area contributed by atoms with Gasteiger partial charge in [-0.15, -0.1) is 12.4 Å². The topological polar surface area (TPSA) is 21.3 Å². The molecule has 0 spiro atoms. The predicted molar refractivity (Wildman–Crippen MR) is 126 cm³/mol. The van der Waals surface area contributed by atoms with Crippen molar-refractivity contribution in [3.63, 3.8) is 0 Å². The van der Waals surface area contributed by atoms with E-state index < -0.39 is 0 Å². The summed E-state index contributed by atoms with van der Waals surface area (Å²) in [6, 6.07) is 24.4. The highest BCUT2D eigenvalue weighted by Crippen LogP contribution is 2.25. The number of benzene rings is 3. The van der Waals surface area contributed by atoms with Crippen LogP contribution in [0.25, 0.3) is 0 Å². The molecule has 1 atom stereocenters. The summed E-state index contributed by atoms with van der Waals surface area (Å²) in [5.41, 5.74) is 3.38. The second kappa shape index (κ2) is 12.1. The third-order valence-corrected chi connectivity index (χ3v) is 5.32. The first-order valence-corrected chi connectivity index (χ1v) is 10.3. The van der Waals surface area contributed by atoms with Gasteiger partial charge in [0.1, 0.15) is 12.4 Å². The van der Waals surface area contributed by atoms with Gasteiger partial charge in [0.2, 0.25) is 0 Å². The van der Waals surface area contributed by atoms with Gasteiger partial charge in [0.05, 0.1) is 0 Å². The average Bonchev–Trinajstić information content (AvgIpc) is 2.72. The molecule has 5 heteroatoms. The molecule has 2 nitrogen and oxygen atoms in total. The lowest BCUT2D eigenvalue weighted by atomic mass is 10.1. The minimum atomic E-state index is 0. The van der Waals surface area contributed by atoms with Crippen molar-refractivity contribution >= 4 is 35.6 Å². The molecule has 0 saturated carbocycles. The monoisotopic (exact) mass is 449 g/mol. The minimum Gasteiger partial charge on any atom is -0.489 e. The number of aryl methyl sites for hydroxylation is 1. The third-order valence-electron chi connectivity index (χ3n) is 4.71. The number of rotatable bonds is 9. The maximum absolute atomic E-state index is 6.23. The molecule has 0 fully saturated rings. The van der Waals surface area contributed by atoms with Gasteiger partial charge in [0, 0.05) is 33.8 Å². The van der Waals surface area contributed by atoms with Crippen molar-refractivity contribution in [3.8, 4) is 5.75 Å². The summed E-state index contributed by atoms with van der Waals surface area (Å²) in [4.78, 5) is 0. The molecular weight excluding hydrogens is 425 g/mol. The number of halogens is 3. The van der Waals surface area contributed by atoms with E-state index in [-0.39, 0.29) is 12.4 Å². The lowest BCUT2D eigenvalue weighted by molar-refractivity contribution is 0.301. The van der Waals surface area contributed by atoms with Gasteiger partial charge in [-0.25, -0.2) is 0 Å². The van der Waals surface area contributed by atoms with Crippen molar-refractivity contribution in [3.05, 3.63) is 99.5 Å². The molecule has 1 unspecified atom stereocenters. The summed E-state index contributed by atoms with van der Waals surface area (Å²) in [5, 5.41) is 5.00. The molecular formula is C24H26Cl3NO. The van der Waals surface area contributed by atoms with Crippen LogP contribution in [0.3, 0.4) is 0 Å². The molecule has 0 saturated heterocycles. The normalized spacial score (nSPS) is 11.6. The van der Waals surface area contributed by atoms with E-state index in [0.717, 1.165) is 29.7 Å². The fourth-order valence-electron chi connectivity index (χ4n) is 3.01. The Morgan fingerprint density at radius 2 is 1.62 bits per heavy atom. The smallest absolute Gasteiger partial charge is 0.124 e. The van der Waals surface area contributed by atoms with Crippen LogP contribution in [0.2, 0.25) is 10.0 Å². The first-order valence-electron chi connectivity index (χ1n) is 9.54. The maximum atomic E-state index is 6.23. The summed E-state index contributed by atoms with van der Waals surface area (Å²) in [7, 11) is 0. The second-order valence-corrected chi connectivity index (χ2v) is 7.78. The minimum absolute atomic E-state index is 0. The molecule has 0 radical (unpaired) electrons. The average molecular weight is 451 g/mol. The first-order chi connectivity index (χ1) is 13.6. The molecule has 1 N–H and O–H groups in total. The molecule has 0 aliphatic carbocycles. The molecule has 154 valence electrons. The van der Waals surface area contributed by atoms with Crippen molar-refractivity contribution in [1.82, 2.24) is 5.32 Å². The zero-order chi connectivity index (χ0) is 19.8. The van der Waals surface area contributed by atoms with E-state index in [1.165, 1.54) is 5.56 Å². The van der Waals surface area contributed by atoms with Crippen LogP contribution in [-0.4, -0.2) is 6.04 Å². The third kappa shape index (κ3) is 7.56. The lowest BCUT2D eigenvalue weighted by Gasteiger charge is -2.17. The van der Waals surface area contributed by atoms with Gasteiger partial charge in [0.25, 0.3) is 0 Å². The van der Waals surface area contributed by atoms with Gasteiger partial charge >= 0.3 is 0 Å². The van der Waals surface area contributed by atoms with Crippen LogP contribution in [0.5, 0.6) is 5.75 Å². The van der Waals surface area contributed by atoms with E-state index in [0.29, 0.717) is 29.2 Å². The highest BCUT2D eigenvalue weighted by atomic mass is 35.5. The van der Waals surface area contributed by atoms with Gasteiger partial charge in [0.15, 0.2) is 0 Å². The van der Waals surface area contributed by atoms with Gasteiger partial charge < -0.3 is 10.1 Å². The van der Waals surface area contributed by atoms with E-state index in [4.69, 9.17) is 27.9 Å². The second-order valence-electron chi connectivity index (χ2n) is 6.94. The van der Waals surface area contributed by atoms with Crippen molar-refractivity contribution in [2.24, 2.45) is 0 Å². The molecule has 3 aromatic rings. The number of hydrogen-bond donors (Lipinski definition) is 1. The standard InChI is InChI=1S/C24H25Cl2NO.ClH/c1-18(11-12-19-7-3-2-4-8-19)27-16-21-15-22(25)13-14-24(21)28-17-20-9-5-6-10-23(20)26;/h2-10,13-15,18,27H,11-12,16-17H2,1H3;1H. The van der Waals surface area contributed by atoms with Gasteiger partial charge in [-0.05, 0) is 49.6 Å². The molecule has 0 aromatic heterocycles. The van der Waals surface area contributed by atoms with Crippen molar-refractivity contribution in [1.29, 1.82) is 0 Å². The highest BCUT2D eigenvalue weighted by molar-refractivity contribution is 6.31. The van der Waals surface area contributed by atoms with E-state index in [1.54, 1.807) is 0 Å². The van der Waals surface area contributed by atoms with Crippen molar-refractivity contribution in [2.45, 2.75) is 39.0 Å². The zero-order valence-corrected chi connectivity index (χ0v) is 18.7. The first kappa shape index (κ1) is 23.6. The Balaban J connectivity index is 0.00000300.